The van der Waals surface area contributed by atoms with Gasteiger partial charge in [0.25, 0.3) is 0 Å². The maximum absolute atomic E-state index is 10.5. The Morgan fingerprint density at radius 3 is 3.06 bits per heavy atom. The Morgan fingerprint density at radius 2 is 2.35 bits per heavy atom. The highest BCUT2D eigenvalue weighted by Gasteiger charge is 2.39. The molecule has 94 valence electrons. The van der Waals surface area contributed by atoms with E-state index < -0.39 is 11.7 Å². The summed E-state index contributed by atoms with van der Waals surface area (Å²) >= 11 is 0. The molecule has 2 unspecified atom stereocenters. The van der Waals surface area contributed by atoms with E-state index in [9.17, 15) is 5.11 Å². The summed E-state index contributed by atoms with van der Waals surface area (Å²) < 4.78 is 5.64. The van der Waals surface area contributed by atoms with E-state index in [1.54, 1.807) is 6.20 Å². The van der Waals surface area contributed by atoms with E-state index in [0.717, 1.165) is 18.5 Å². The van der Waals surface area contributed by atoms with Gasteiger partial charge in [0.1, 0.15) is 0 Å². The average Bonchev–Trinajstić information content (AvgIpc) is 2.71. The SMILES string of the molecule is CCOC(C)(C)C(O)C1CCc2cccnc21. The van der Waals surface area contributed by atoms with Gasteiger partial charge in [0.2, 0.25) is 0 Å². The normalized spacial score (nSPS) is 21.3. The van der Waals surface area contributed by atoms with Crippen molar-refractivity contribution in [1.82, 2.24) is 4.98 Å². The van der Waals surface area contributed by atoms with Crippen LogP contribution < -0.4 is 0 Å². The van der Waals surface area contributed by atoms with E-state index >= 15 is 0 Å². The molecule has 0 amide bonds. The molecule has 2 rings (SSSR count). The third-order valence-corrected chi connectivity index (χ3v) is 3.61. The minimum atomic E-state index is -0.515. The molecule has 0 radical (unpaired) electrons. The molecule has 0 fully saturated rings. The highest BCUT2D eigenvalue weighted by molar-refractivity contribution is 5.30. The lowest BCUT2D eigenvalue weighted by atomic mass is 9.87. The van der Waals surface area contributed by atoms with Crippen LogP contribution >= 0.6 is 0 Å². The van der Waals surface area contributed by atoms with Crippen molar-refractivity contribution in [2.24, 2.45) is 0 Å². The number of hydrogen-bond acceptors (Lipinski definition) is 3. The molecule has 1 aliphatic rings. The van der Waals surface area contributed by atoms with Gasteiger partial charge < -0.3 is 9.84 Å². The van der Waals surface area contributed by atoms with Crippen molar-refractivity contribution < 1.29 is 9.84 Å². The lowest BCUT2D eigenvalue weighted by molar-refractivity contribution is -0.106. The van der Waals surface area contributed by atoms with Crippen molar-refractivity contribution in [3.05, 3.63) is 29.6 Å². The van der Waals surface area contributed by atoms with Crippen molar-refractivity contribution in [2.75, 3.05) is 6.61 Å². The number of aryl methyl sites for hydroxylation is 1. The molecule has 1 aromatic rings. The number of aliphatic hydroxyl groups is 1. The van der Waals surface area contributed by atoms with E-state index in [1.165, 1.54) is 5.56 Å². The summed E-state index contributed by atoms with van der Waals surface area (Å²) in [5.74, 6) is 0.104. The molecular weight excluding hydrogens is 214 g/mol. The second-order valence-corrected chi connectivity index (χ2v) is 5.17. The first kappa shape index (κ1) is 12.5. The second kappa shape index (κ2) is 4.75. The first-order valence-electron chi connectivity index (χ1n) is 6.32. The van der Waals surface area contributed by atoms with Gasteiger partial charge in [-0.2, -0.15) is 0 Å². The number of aromatic nitrogens is 1. The number of hydrogen-bond donors (Lipinski definition) is 1. The monoisotopic (exact) mass is 235 g/mol. The van der Waals surface area contributed by atoms with Gasteiger partial charge in [0.05, 0.1) is 11.7 Å². The summed E-state index contributed by atoms with van der Waals surface area (Å²) in [7, 11) is 0. The third kappa shape index (κ3) is 2.35. The molecule has 0 bridgehead atoms. The number of pyridine rings is 1. The lowest BCUT2D eigenvalue weighted by Gasteiger charge is -2.34. The van der Waals surface area contributed by atoms with Crippen molar-refractivity contribution >= 4 is 0 Å². The molecule has 2 atom stereocenters. The van der Waals surface area contributed by atoms with Crippen LogP contribution in [0.3, 0.4) is 0 Å². The summed E-state index contributed by atoms with van der Waals surface area (Å²) in [6.45, 7) is 6.46. The topological polar surface area (TPSA) is 42.4 Å². The first-order valence-corrected chi connectivity index (χ1v) is 6.32. The third-order valence-electron chi connectivity index (χ3n) is 3.61. The minimum Gasteiger partial charge on any atom is -0.389 e. The largest absolute Gasteiger partial charge is 0.389 e. The summed E-state index contributed by atoms with van der Waals surface area (Å²) in [5.41, 5.74) is 1.80. The Bertz CT molecular complexity index is 390. The molecule has 0 aliphatic heterocycles. The first-order chi connectivity index (χ1) is 8.06. The predicted octanol–water partition coefficient (Wildman–Crippen LogP) is 2.29. The number of nitrogens with zero attached hydrogens (tertiary/aromatic N) is 1. The van der Waals surface area contributed by atoms with E-state index in [2.05, 4.69) is 11.1 Å². The molecule has 0 saturated carbocycles. The van der Waals surface area contributed by atoms with E-state index in [0.29, 0.717) is 6.61 Å². The summed E-state index contributed by atoms with van der Waals surface area (Å²) in [6.07, 6.45) is 3.27. The standard InChI is InChI=1S/C14H21NO2/c1-4-17-14(2,3)13(16)11-8-7-10-6-5-9-15-12(10)11/h5-6,9,11,13,16H,4,7-8H2,1-3H3. The van der Waals surface area contributed by atoms with E-state index in [1.807, 2.05) is 26.8 Å². The van der Waals surface area contributed by atoms with Crippen LogP contribution in [0, 0.1) is 0 Å². The van der Waals surface area contributed by atoms with Gasteiger partial charge in [-0.25, -0.2) is 0 Å². The number of aliphatic hydroxyl groups excluding tert-OH is 1. The zero-order valence-corrected chi connectivity index (χ0v) is 10.8. The van der Waals surface area contributed by atoms with Crippen LogP contribution in [0.2, 0.25) is 0 Å². The van der Waals surface area contributed by atoms with Crippen LogP contribution in [0.25, 0.3) is 0 Å². The van der Waals surface area contributed by atoms with Crippen molar-refractivity contribution in [3.63, 3.8) is 0 Å². The summed E-state index contributed by atoms with van der Waals surface area (Å²) in [5, 5.41) is 10.5. The summed E-state index contributed by atoms with van der Waals surface area (Å²) in [4.78, 5) is 4.42. The fourth-order valence-corrected chi connectivity index (χ4v) is 2.69. The molecule has 0 aromatic carbocycles. The Labute approximate surface area is 103 Å². The molecule has 17 heavy (non-hydrogen) atoms. The molecule has 0 spiro atoms. The highest BCUT2D eigenvalue weighted by atomic mass is 16.5. The van der Waals surface area contributed by atoms with Gasteiger partial charge in [0, 0.05) is 24.4 Å². The van der Waals surface area contributed by atoms with Crippen LogP contribution in [-0.4, -0.2) is 28.4 Å². The molecule has 0 saturated heterocycles. The Balaban J connectivity index is 2.20. The zero-order chi connectivity index (χ0) is 12.5. The van der Waals surface area contributed by atoms with Crippen molar-refractivity contribution in [3.8, 4) is 0 Å². The fraction of sp³-hybridized carbons (Fsp3) is 0.643. The fourth-order valence-electron chi connectivity index (χ4n) is 2.69. The second-order valence-electron chi connectivity index (χ2n) is 5.17. The van der Waals surface area contributed by atoms with Gasteiger partial charge in [-0.05, 0) is 45.2 Å². The number of ether oxygens (including phenoxy) is 1. The molecule has 1 aromatic heterocycles. The number of fused-ring (bicyclic) bond motifs is 1. The number of rotatable bonds is 4. The molecule has 3 heteroatoms. The van der Waals surface area contributed by atoms with Crippen LogP contribution in [0.5, 0.6) is 0 Å². The van der Waals surface area contributed by atoms with Gasteiger partial charge in [-0.15, -0.1) is 0 Å². The van der Waals surface area contributed by atoms with Crippen LogP contribution in [0.1, 0.15) is 44.4 Å². The molecular formula is C14H21NO2. The molecule has 1 heterocycles. The molecule has 1 N–H and O–H groups in total. The Morgan fingerprint density at radius 1 is 1.59 bits per heavy atom. The van der Waals surface area contributed by atoms with Crippen LogP contribution in [-0.2, 0) is 11.2 Å². The molecule has 1 aliphatic carbocycles. The van der Waals surface area contributed by atoms with Crippen LogP contribution in [0.15, 0.2) is 18.3 Å². The minimum absolute atomic E-state index is 0.104. The zero-order valence-electron chi connectivity index (χ0n) is 10.8. The van der Waals surface area contributed by atoms with E-state index in [4.69, 9.17) is 4.74 Å². The Hall–Kier alpha value is -0.930. The smallest absolute Gasteiger partial charge is 0.0908 e. The lowest BCUT2D eigenvalue weighted by Crippen LogP contribution is -2.42. The maximum atomic E-state index is 10.5. The van der Waals surface area contributed by atoms with Gasteiger partial charge in [-0.1, -0.05) is 6.07 Å². The van der Waals surface area contributed by atoms with Crippen molar-refractivity contribution in [1.29, 1.82) is 0 Å². The highest BCUT2D eigenvalue weighted by Crippen LogP contribution is 2.38. The average molecular weight is 235 g/mol. The van der Waals surface area contributed by atoms with Crippen LogP contribution in [0.4, 0.5) is 0 Å². The van der Waals surface area contributed by atoms with Gasteiger partial charge >= 0.3 is 0 Å². The van der Waals surface area contributed by atoms with Gasteiger partial charge in [-0.3, -0.25) is 4.98 Å². The van der Waals surface area contributed by atoms with Gasteiger partial charge in [0.15, 0.2) is 0 Å². The summed E-state index contributed by atoms with van der Waals surface area (Å²) in [6, 6.07) is 4.06. The maximum Gasteiger partial charge on any atom is 0.0908 e. The van der Waals surface area contributed by atoms with Crippen molar-refractivity contribution in [2.45, 2.75) is 51.2 Å². The quantitative estimate of drug-likeness (QED) is 0.870. The van der Waals surface area contributed by atoms with E-state index in [-0.39, 0.29) is 5.92 Å². The Kier molecular flexibility index (Phi) is 3.50. The molecule has 3 nitrogen and oxygen atoms in total. The predicted molar refractivity (Wildman–Crippen MR) is 67.0 cm³/mol.